The highest BCUT2D eigenvalue weighted by molar-refractivity contribution is 5.90. The van der Waals surface area contributed by atoms with Crippen molar-refractivity contribution >= 4 is 17.4 Å². The van der Waals surface area contributed by atoms with Crippen molar-refractivity contribution in [3.8, 4) is 5.75 Å². The maximum absolute atomic E-state index is 12.2. The van der Waals surface area contributed by atoms with Crippen molar-refractivity contribution in [3.05, 3.63) is 53.6 Å². The van der Waals surface area contributed by atoms with E-state index in [9.17, 15) is 4.79 Å². The smallest absolute Gasteiger partial charge is 0.319 e. The van der Waals surface area contributed by atoms with E-state index in [-0.39, 0.29) is 6.03 Å². The number of fused-ring (bicyclic) bond motifs is 1. The molecule has 0 aliphatic carbocycles. The Bertz CT molecular complexity index is 791. The summed E-state index contributed by atoms with van der Waals surface area (Å²) >= 11 is 0. The van der Waals surface area contributed by atoms with Crippen LogP contribution in [0.25, 0.3) is 0 Å². The Kier molecular flexibility index (Phi) is 7.18. The van der Waals surface area contributed by atoms with Gasteiger partial charge in [-0.2, -0.15) is 0 Å². The molecule has 0 fully saturated rings. The molecule has 0 spiro atoms. The summed E-state index contributed by atoms with van der Waals surface area (Å²) in [4.78, 5) is 14.7. The minimum atomic E-state index is -0.209. The molecule has 0 saturated heterocycles. The second kappa shape index (κ2) is 10.0. The summed E-state index contributed by atoms with van der Waals surface area (Å²) in [5.41, 5.74) is 4.78. The number of nitrogens with one attached hydrogen (secondary N) is 2. The number of para-hydroxylation sites is 2. The fraction of sp³-hybridized carbons (Fsp3) is 0.435. The van der Waals surface area contributed by atoms with Gasteiger partial charge in [-0.3, -0.25) is 0 Å². The summed E-state index contributed by atoms with van der Waals surface area (Å²) in [6, 6.07) is 14.0. The number of nitrogens with zero attached hydrogens (tertiary/aromatic N) is 1. The lowest BCUT2D eigenvalue weighted by Gasteiger charge is -2.31. The number of anilines is 2. The topological polar surface area (TPSA) is 53.6 Å². The summed E-state index contributed by atoms with van der Waals surface area (Å²) in [6.07, 6.45) is 4.36. The number of hydrogen-bond acceptors (Lipinski definition) is 3. The molecule has 2 N–H and O–H groups in total. The Hall–Kier alpha value is -2.69. The molecule has 2 amide bonds. The third-order valence-corrected chi connectivity index (χ3v) is 4.99. The molecule has 0 bridgehead atoms. The molecule has 0 aromatic heterocycles. The van der Waals surface area contributed by atoms with E-state index in [1.54, 1.807) is 0 Å². The number of aryl methyl sites for hydroxylation is 1. The van der Waals surface area contributed by atoms with Crippen molar-refractivity contribution in [1.29, 1.82) is 0 Å². The number of benzene rings is 2. The highest BCUT2D eigenvalue weighted by atomic mass is 16.5. The lowest BCUT2D eigenvalue weighted by Crippen LogP contribution is -2.31. The molecule has 3 rings (SSSR count). The Morgan fingerprint density at radius 2 is 2.04 bits per heavy atom. The quantitative estimate of drug-likeness (QED) is 0.702. The molecule has 1 aliphatic rings. The first kappa shape index (κ1) is 20.1. The van der Waals surface area contributed by atoms with Gasteiger partial charge in [-0.25, -0.2) is 4.79 Å². The van der Waals surface area contributed by atoms with E-state index in [1.807, 2.05) is 31.2 Å². The summed E-state index contributed by atoms with van der Waals surface area (Å²) < 4.78 is 5.54. The van der Waals surface area contributed by atoms with Crippen molar-refractivity contribution in [3.63, 3.8) is 0 Å². The number of carbonyl (C=O) groups is 1. The molecule has 0 saturated carbocycles. The van der Waals surface area contributed by atoms with Gasteiger partial charge in [0.05, 0.1) is 12.3 Å². The average Bonchev–Trinajstić information content (AvgIpc) is 2.70. The minimum absolute atomic E-state index is 0.209. The number of urea groups is 1. The predicted octanol–water partition coefficient (Wildman–Crippen LogP) is 4.61. The molecule has 2 aromatic rings. The highest BCUT2D eigenvalue weighted by Gasteiger charge is 2.16. The molecule has 28 heavy (non-hydrogen) atoms. The number of ether oxygens (including phenoxy) is 1. The van der Waals surface area contributed by atoms with Gasteiger partial charge in [0, 0.05) is 25.3 Å². The van der Waals surface area contributed by atoms with E-state index in [0.717, 1.165) is 25.9 Å². The average molecular weight is 382 g/mol. The lowest BCUT2D eigenvalue weighted by molar-refractivity contribution is 0.252. The number of rotatable bonds is 8. The van der Waals surface area contributed by atoms with Gasteiger partial charge in [0.1, 0.15) is 5.75 Å². The fourth-order valence-corrected chi connectivity index (χ4v) is 3.72. The molecular weight excluding hydrogens is 350 g/mol. The van der Waals surface area contributed by atoms with Crippen LogP contribution in [0.2, 0.25) is 0 Å². The zero-order valence-electron chi connectivity index (χ0n) is 17.0. The molecular formula is C23H31N3O2. The molecule has 150 valence electrons. The molecule has 2 aromatic carbocycles. The van der Waals surface area contributed by atoms with Crippen molar-refractivity contribution in [2.24, 2.45) is 0 Å². The minimum Gasteiger partial charge on any atom is -0.492 e. The van der Waals surface area contributed by atoms with Gasteiger partial charge in [0.2, 0.25) is 0 Å². The zero-order valence-corrected chi connectivity index (χ0v) is 17.0. The van der Waals surface area contributed by atoms with Crippen LogP contribution in [0.15, 0.2) is 42.5 Å². The van der Waals surface area contributed by atoms with Crippen LogP contribution in [0.4, 0.5) is 16.2 Å². The van der Waals surface area contributed by atoms with E-state index in [2.05, 4.69) is 40.7 Å². The van der Waals surface area contributed by atoms with Gasteiger partial charge in [0.15, 0.2) is 0 Å². The number of hydrogen-bond donors (Lipinski definition) is 2. The van der Waals surface area contributed by atoms with Crippen LogP contribution in [0.5, 0.6) is 5.75 Å². The van der Waals surface area contributed by atoms with Crippen LogP contribution in [0, 0.1) is 0 Å². The number of amides is 2. The molecule has 0 radical (unpaired) electrons. The second-order valence-electron chi connectivity index (χ2n) is 7.11. The van der Waals surface area contributed by atoms with Gasteiger partial charge in [-0.15, -0.1) is 0 Å². The summed E-state index contributed by atoms with van der Waals surface area (Å²) in [5.74, 6) is 0.687. The maximum atomic E-state index is 12.2. The maximum Gasteiger partial charge on any atom is 0.319 e. The monoisotopic (exact) mass is 381 g/mol. The third-order valence-electron chi connectivity index (χ3n) is 4.99. The first-order valence-corrected chi connectivity index (χ1v) is 10.3. The largest absolute Gasteiger partial charge is 0.492 e. The van der Waals surface area contributed by atoms with Gasteiger partial charge in [-0.1, -0.05) is 31.2 Å². The predicted molar refractivity (Wildman–Crippen MR) is 116 cm³/mol. The van der Waals surface area contributed by atoms with Gasteiger partial charge < -0.3 is 20.3 Å². The Balaban J connectivity index is 1.52. The summed E-state index contributed by atoms with van der Waals surface area (Å²) in [5, 5.41) is 5.81. The van der Waals surface area contributed by atoms with Gasteiger partial charge in [-0.05, 0) is 61.9 Å². The normalized spacial score (nSPS) is 13.0. The van der Waals surface area contributed by atoms with Gasteiger partial charge >= 0.3 is 6.03 Å². The standard InChI is InChI=1S/C23H31N3O2/c1-3-15-26-16-7-8-19-17-18(11-12-21(19)26)13-14-24-23(27)25-20-9-5-6-10-22(20)28-4-2/h5-6,9-12,17H,3-4,7-8,13-16H2,1-2H3,(H2,24,25,27). The van der Waals surface area contributed by atoms with Crippen LogP contribution in [0.3, 0.4) is 0 Å². The zero-order chi connectivity index (χ0) is 19.8. The lowest BCUT2D eigenvalue weighted by atomic mass is 9.98. The number of carbonyl (C=O) groups excluding carboxylic acids is 1. The molecule has 1 aliphatic heterocycles. The van der Waals surface area contributed by atoms with E-state index in [1.165, 1.54) is 29.7 Å². The third kappa shape index (κ3) is 5.18. The second-order valence-corrected chi connectivity index (χ2v) is 7.11. The molecule has 0 unspecified atom stereocenters. The van der Waals surface area contributed by atoms with Crippen LogP contribution in [-0.2, 0) is 12.8 Å². The molecule has 5 nitrogen and oxygen atoms in total. The van der Waals surface area contributed by atoms with Crippen LogP contribution < -0.4 is 20.3 Å². The van der Waals surface area contributed by atoms with E-state index < -0.39 is 0 Å². The van der Waals surface area contributed by atoms with E-state index in [0.29, 0.717) is 24.6 Å². The van der Waals surface area contributed by atoms with Crippen molar-refractivity contribution in [1.82, 2.24) is 5.32 Å². The van der Waals surface area contributed by atoms with Crippen LogP contribution in [0.1, 0.15) is 37.8 Å². The van der Waals surface area contributed by atoms with Crippen molar-refractivity contribution in [2.45, 2.75) is 39.5 Å². The van der Waals surface area contributed by atoms with E-state index in [4.69, 9.17) is 4.74 Å². The SMILES string of the molecule is CCCN1CCCc2cc(CCNC(=O)Nc3ccccc3OCC)ccc21. The van der Waals surface area contributed by atoms with Crippen molar-refractivity contribution in [2.75, 3.05) is 36.5 Å². The molecule has 5 heteroatoms. The summed E-state index contributed by atoms with van der Waals surface area (Å²) in [7, 11) is 0. The Morgan fingerprint density at radius 3 is 2.86 bits per heavy atom. The molecule has 1 heterocycles. The van der Waals surface area contributed by atoms with E-state index >= 15 is 0 Å². The fourth-order valence-electron chi connectivity index (χ4n) is 3.72. The van der Waals surface area contributed by atoms with Crippen LogP contribution >= 0.6 is 0 Å². The van der Waals surface area contributed by atoms with Crippen LogP contribution in [-0.4, -0.2) is 32.3 Å². The summed E-state index contributed by atoms with van der Waals surface area (Å²) in [6.45, 7) is 7.60. The first-order chi connectivity index (χ1) is 13.7. The highest BCUT2D eigenvalue weighted by Crippen LogP contribution is 2.28. The van der Waals surface area contributed by atoms with Gasteiger partial charge in [0.25, 0.3) is 0 Å². The molecule has 0 atom stereocenters. The Morgan fingerprint density at radius 1 is 1.18 bits per heavy atom. The Labute approximate surface area is 168 Å². The van der Waals surface area contributed by atoms with Crippen molar-refractivity contribution < 1.29 is 9.53 Å². The first-order valence-electron chi connectivity index (χ1n) is 10.3.